The number of hydrogen-bond donors (Lipinski definition) is 2. The van der Waals surface area contributed by atoms with E-state index in [0.717, 1.165) is 16.9 Å². The summed E-state index contributed by atoms with van der Waals surface area (Å²) in [6, 6.07) is 5.16. The molecular formula is C17H15ClN4O3S. The highest BCUT2D eigenvalue weighted by molar-refractivity contribution is 7.20. The molecule has 0 aliphatic carbocycles. The molecule has 0 aliphatic heterocycles. The highest BCUT2D eigenvalue weighted by Gasteiger charge is 2.18. The van der Waals surface area contributed by atoms with Gasteiger partial charge in [0.2, 0.25) is 5.91 Å². The van der Waals surface area contributed by atoms with E-state index in [4.69, 9.17) is 17.3 Å². The quantitative estimate of drug-likeness (QED) is 0.713. The van der Waals surface area contributed by atoms with Crippen molar-refractivity contribution in [2.45, 2.75) is 20.4 Å². The van der Waals surface area contributed by atoms with Crippen LogP contribution in [-0.4, -0.2) is 21.4 Å². The number of rotatable bonds is 4. The van der Waals surface area contributed by atoms with Gasteiger partial charge in [0.1, 0.15) is 11.4 Å². The lowest BCUT2D eigenvalue weighted by molar-refractivity contribution is -0.116. The smallest absolute Gasteiger partial charge is 0.262 e. The molecule has 0 saturated heterocycles. The number of nitrogens with two attached hydrogens (primary N) is 1. The van der Waals surface area contributed by atoms with E-state index in [1.807, 2.05) is 6.92 Å². The first-order valence-corrected chi connectivity index (χ1v) is 8.81. The third kappa shape index (κ3) is 3.33. The van der Waals surface area contributed by atoms with Gasteiger partial charge in [0.15, 0.2) is 0 Å². The molecule has 3 N–H and O–H groups in total. The van der Waals surface area contributed by atoms with E-state index in [1.54, 1.807) is 25.1 Å². The van der Waals surface area contributed by atoms with Crippen molar-refractivity contribution in [3.63, 3.8) is 0 Å². The number of amides is 2. The predicted molar refractivity (Wildman–Crippen MR) is 102 cm³/mol. The molecule has 9 heteroatoms. The summed E-state index contributed by atoms with van der Waals surface area (Å²) in [4.78, 5) is 41.2. The van der Waals surface area contributed by atoms with Crippen LogP contribution in [0, 0.1) is 13.8 Å². The van der Waals surface area contributed by atoms with Gasteiger partial charge in [-0.1, -0.05) is 17.7 Å². The SMILES string of the molecule is Cc1ccc(NC(=O)Cn2cnc3sc(C(N)=O)c(C)c3c2=O)cc1Cl. The van der Waals surface area contributed by atoms with Gasteiger partial charge in [-0.05, 0) is 37.1 Å². The van der Waals surface area contributed by atoms with E-state index in [2.05, 4.69) is 10.3 Å². The van der Waals surface area contributed by atoms with Gasteiger partial charge in [0.05, 0.1) is 16.6 Å². The minimum absolute atomic E-state index is 0.214. The molecule has 0 bridgehead atoms. The first-order chi connectivity index (χ1) is 12.3. The topological polar surface area (TPSA) is 107 Å². The normalized spacial score (nSPS) is 10.9. The summed E-state index contributed by atoms with van der Waals surface area (Å²) >= 11 is 7.11. The number of anilines is 1. The first kappa shape index (κ1) is 18.1. The van der Waals surface area contributed by atoms with Crippen LogP contribution >= 0.6 is 22.9 Å². The van der Waals surface area contributed by atoms with E-state index in [0.29, 0.717) is 31.4 Å². The highest BCUT2D eigenvalue weighted by atomic mass is 35.5. The molecule has 1 aromatic carbocycles. The van der Waals surface area contributed by atoms with Crippen molar-refractivity contribution in [2.75, 3.05) is 5.32 Å². The number of primary amides is 1. The van der Waals surface area contributed by atoms with Crippen LogP contribution in [0.15, 0.2) is 29.3 Å². The number of fused-ring (bicyclic) bond motifs is 1. The lowest BCUT2D eigenvalue weighted by Gasteiger charge is -2.08. The number of thiophene rings is 1. The van der Waals surface area contributed by atoms with Gasteiger partial charge in [-0.2, -0.15) is 0 Å². The lowest BCUT2D eigenvalue weighted by Crippen LogP contribution is -2.28. The number of aromatic nitrogens is 2. The molecule has 2 aromatic heterocycles. The van der Waals surface area contributed by atoms with Crippen LogP contribution in [0.1, 0.15) is 20.8 Å². The molecule has 0 spiro atoms. The van der Waals surface area contributed by atoms with Crippen LogP contribution in [0.25, 0.3) is 10.2 Å². The molecule has 134 valence electrons. The number of halogens is 1. The van der Waals surface area contributed by atoms with Gasteiger partial charge in [-0.25, -0.2) is 4.98 Å². The van der Waals surface area contributed by atoms with Gasteiger partial charge in [0.25, 0.3) is 11.5 Å². The van der Waals surface area contributed by atoms with E-state index in [1.165, 1.54) is 10.9 Å². The molecule has 2 heterocycles. The van der Waals surface area contributed by atoms with E-state index >= 15 is 0 Å². The fourth-order valence-corrected chi connectivity index (χ4v) is 3.70. The summed E-state index contributed by atoms with van der Waals surface area (Å²) in [7, 11) is 0. The maximum absolute atomic E-state index is 12.6. The lowest BCUT2D eigenvalue weighted by atomic mass is 10.2. The van der Waals surface area contributed by atoms with Crippen molar-refractivity contribution in [2.24, 2.45) is 5.73 Å². The summed E-state index contributed by atoms with van der Waals surface area (Å²) in [5.74, 6) is -0.999. The van der Waals surface area contributed by atoms with E-state index in [9.17, 15) is 14.4 Å². The summed E-state index contributed by atoms with van der Waals surface area (Å²) in [6.07, 6.45) is 1.28. The van der Waals surface area contributed by atoms with Crippen LogP contribution < -0.4 is 16.6 Å². The average Bonchev–Trinajstić information content (AvgIpc) is 2.91. The zero-order valence-electron chi connectivity index (χ0n) is 14.0. The van der Waals surface area contributed by atoms with E-state index < -0.39 is 17.4 Å². The Bertz CT molecular complexity index is 1100. The van der Waals surface area contributed by atoms with Crippen LogP contribution in [0.5, 0.6) is 0 Å². The molecule has 0 aliphatic rings. The zero-order valence-corrected chi connectivity index (χ0v) is 15.6. The van der Waals surface area contributed by atoms with Gasteiger partial charge in [0, 0.05) is 10.7 Å². The van der Waals surface area contributed by atoms with Crippen molar-refractivity contribution >= 4 is 50.7 Å². The number of nitrogens with zero attached hydrogens (tertiary/aromatic N) is 2. The van der Waals surface area contributed by atoms with Crippen LogP contribution in [0.3, 0.4) is 0 Å². The fourth-order valence-electron chi connectivity index (χ4n) is 2.53. The Morgan fingerprint density at radius 2 is 2.08 bits per heavy atom. The second-order valence-electron chi connectivity index (χ2n) is 5.79. The Hall–Kier alpha value is -2.71. The highest BCUT2D eigenvalue weighted by Crippen LogP contribution is 2.26. The number of benzene rings is 1. The molecule has 0 unspecified atom stereocenters. The summed E-state index contributed by atoms with van der Waals surface area (Å²) in [5, 5.41) is 3.53. The van der Waals surface area contributed by atoms with E-state index in [-0.39, 0.29) is 6.54 Å². The molecule has 2 amide bonds. The molecule has 0 atom stereocenters. The Balaban J connectivity index is 1.88. The molecule has 0 radical (unpaired) electrons. The second-order valence-corrected chi connectivity index (χ2v) is 7.20. The Labute approximate surface area is 157 Å². The summed E-state index contributed by atoms with van der Waals surface area (Å²) < 4.78 is 1.19. The van der Waals surface area contributed by atoms with Gasteiger partial charge >= 0.3 is 0 Å². The third-order valence-electron chi connectivity index (χ3n) is 3.91. The molecule has 7 nitrogen and oxygen atoms in total. The van der Waals surface area contributed by atoms with Crippen LogP contribution in [0.4, 0.5) is 5.69 Å². The number of nitrogens with one attached hydrogen (secondary N) is 1. The van der Waals surface area contributed by atoms with Gasteiger partial charge in [-0.3, -0.25) is 19.0 Å². The molecule has 26 heavy (non-hydrogen) atoms. The number of aryl methyl sites for hydroxylation is 2. The molecule has 3 aromatic rings. The third-order valence-corrected chi connectivity index (χ3v) is 5.53. The maximum atomic E-state index is 12.6. The Kier molecular flexibility index (Phi) is 4.80. The van der Waals surface area contributed by atoms with Crippen LogP contribution in [-0.2, 0) is 11.3 Å². The van der Waals surface area contributed by atoms with Crippen molar-refractivity contribution in [3.8, 4) is 0 Å². The summed E-state index contributed by atoms with van der Waals surface area (Å²) in [5.41, 5.74) is 6.84. The largest absolute Gasteiger partial charge is 0.365 e. The molecule has 0 saturated carbocycles. The minimum Gasteiger partial charge on any atom is -0.365 e. The maximum Gasteiger partial charge on any atom is 0.262 e. The summed E-state index contributed by atoms with van der Waals surface area (Å²) in [6.45, 7) is 3.28. The second kappa shape index (κ2) is 6.89. The molecular weight excluding hydrogens is 376 g/mol. The van der Waals surface area contributed by atoms with Crippen molar-refractivity contribution < 1.29 is 9.59 Å². The zero-order chi connectivity index (χ0) is 19.0. The minimum atomic E-state index is -0.606. The Morgan fingerprint density at radius 1 is 1.35 bits per heavy atom. The van der Waals surface area contributed by atoms with Crippen molar-refractivity contribution in [3.05, 3.63) is 55.9 Å². The number of hydrogen-bond acceptors (Lipinski definition) is 5. The molecule has 0 fully saturated rings. The molecule has 3 rings (SSSR count). The van der Waals surface area contributed by atoms with Crippen molar-refractivity contribution in [1.29, 1.82) is 0 Å². The monoisotopic (exact) mass is 390 g/mol. The van der Waals surface area contributed by atoms with Crippen LogP contribution in [0.2, 0.25) is 5.02 Å². The van der Waals surface area contributed by atoms with Gasteiger partial charge < -0.3 is 11.1 Å². The van der Waals surface area contributed by atoms with Crippen molar-refractivity contribution in [1.82, 2.24) is 9.55 Å². The number of carbonyl (C=O) groups is 2. The number of carbonyl (C=O) groups excluding carboxylic acids is 2. The van der Waals surface area contributed by atoms with Gasteiger partial charge in [-0.15, -0.1) is 11.3 Å². The fraction of sp³-hybridized carbons (Fsp3) is 0.176. The average molecular weight is 391 g/mol. The Morgan fingerprint density at radius 3 is 2.73 bits per heavy atom. The standard InChI is InChI=1S/C17H15ClN4O3S/c1-8-3-4-10(5-11(8)18)21-12(23)6-22-7-20-16-13(17(22)25)9(2)14(26-16)15(19)24/h3-5,7H,6H2,1-2H3,(H2,19,24)(H,21,23). The predicted octanol–water partition coefficient (Wildman–Crippen LogP) is 2.47. The first-order valence-electron chi connectivity index (χ1n) is 7.62.